The number of aryl methyl sites for hydroxylation is 1. The smallest absolute Gasteiger partial charge is 0.266 e. The predicted octanol–water partition coefficient (Wildman–Crippen LogP) is 1.45. The highest BCUT2D eigenvalue weighted by molar-refractivity contribution is 5.48. The molecule has 0 saturated heterocycles. The normalized spacial score (nSPS) is 10.1. The molecule has 0 bridgehead atoms. The molecule has 0 spiro atoms. The molecule has 5 heteroatoms. The maximum absolute atomic E-state index is 5.23. The van der Waals surface area contributed by atoms with E-state index >= 15 is 0 Å². The SMILES string of the molecule is COc1ccnc(-c2nnc(C)o2)c1. The van der Waals surface area contributed by atoms with Crippen LogP contribution in [0.2, 0.25) is 0 Å². The van der Waals surface area contributed by atoms with E-state index in [1.807, 2.05) is 0 Å². The minimum atomic E-state index is 0.404. The Bertz CT molecular complexity index is 439. The van der Waals surface area contributed by atoms with Gasteiger partial charge in [0.15, 0.2) is 0 Å². The molecule has 2 rings (SSSR count). The second-order valence-corrected chi connectivity index (χ2v) is 2.71. The van der Waals surface area contributed by atoms with Gasteiger partial charge in [-0.2, -0.15) is 0 Å². The molecule has 0 aliphatic carbocycles. The second-order valence-electron chi connectivity index (χ2n) is 2.71. The van der Waals surface area contributed by atoms with Crippen LogP contribution in [0.15, 0.2) is 22.7 Å². The zero-order valence-electron chi connectivity index (χ0n) is 7.89. The molecule has 0 radical (unpaired) electrons. The van der Waals surface area contributed by atoms with Crippen molar-refractivity contribution in [2.45, 2.75) is 6.92 Å². The van der Waals surface area contributed by atoms with Crippen molar-refractivity contribution in [3.8, 4) is 17.3 Å². The molecule has 0 unspecified atom stereocenters. The average molecular weight is 191 g/mol. The van der Waals surface area contributed by atoms with Crippen molar-refractivity contribution < 1.29 is 9.15 Å². The van der Waals surface area contributed by atoms with E-state index in [-0.39, 0.29) is 0 Å². The molecule has 2 aromatic rings. The van der Waals surface area contributed by atoms with Crippen molar-refractivity contribution in [1.82, 2.24) is 15.2 Å². The Morgan fingerprint density at radius 1 is 1.36 bits per heavy atom. The molecule has 72 valence electrons. The standard InChI is InChI=1S/C9H9N3O2/c1-6-11-12-9(14-6)8-5-7(13-2)3-4-10-8/h3-5H,1-2H3. The van der Waals surface area contributed by atoms with Gasteiger partial charge in [-0.15, -0.1) is 10.2 Å². The van der Waals surface area contributed by atoms with Gasteiger partial charge in [0, 0.05) is 19.2 Å². The van der Waals surface area contributed by atoms with Crippen LogP contribution >= 0.6 is 0 Å². The monoisotopic (exact) mass is 191 g/mol. The first-order valence-corrected chi connectivity index (χ1v) is 4.10. The van der Waals surface area contributed by atoms with Gasteiger partial charge in [-0.3, -0.25) is 4.98 Å². The third kappa shape index (κ3) is 1.56. The van der Waals surface area contributed by atoms with E-state index in [1.165, 1.54) is 0 Å². The van der Waals surface area contributed by atoms with Crippen LogP contribution in [-0.4, -0.2) is 22.3 Å². The van der Waals surface area contributed by atoms with E-state index in [4.69, 9.17) is 9.15 Å². The molecule has 5 nitrogen and oxygen atoms in total. The minimum absolute atomic E-state index is 0.404. The van der Waals surface area contributed by atoms with Gasteiger partial charge < -0.3 is 9.15 Å². The van der Waals surface area contributed by atoms with Crippen molar-refractivity contribution in [1.29, 1.82) is 0 Å². The molecule has 0 fully saturated rings. The fourth-order valence-corrected chi connectivity index (χ4v) is 1.06. The van der Waals surface area contributed by atoms with Crippen LogP contribution in [0.25, 0.3) is 11.6 Å². The van der Waals surface area contributed by atoms with Crippen LogP contribution in [0.1, 0.15) is 5.89 Å². The Kier molecular flexibility index (Phi) is 2.14. The van der Waals surface area contributed by atoms with Gasteiger partial charge in [0.25, 0.3) is 5.89 Å². The zero-order valence-corrected chi connectivity index (χ0v) is 7.89. The molecule has 0 amide bonds. The van der Waals surface area contributed by atoms with Gasteiger partial charge in [0.1, 0.15) is 11.4 Å². The maximum atomic E-state index is 5.23. The first-order chi connectivity index (χ1) is 6.79. The molecule has 0 saturated carbocycles. The highest BCUT2D eigenvalue weighted by Crippen LogP contribution is 2.19. The lowest BCUT2D eigenvalue weighted by Gasteiger charge is -1.98. The number of ether oxygens (including phenoxy) is 1. The summed E-state index contributed by atoms with van der Waals surface area (Å²) in [5.74, 6) is 1.64. The van der Waals surface area contributed by atoms with Crippen molar-refractivity contribution in [2.24, 2.45) is 0 Å². The number of aromatic nitrogens is 3. The summed E-state index contributed by atoms with van der Waals surface area (Å²) in [4.78, 5) is 4.09. The van der Waals surface area contributed by atoms with Gasteiger partial charge in [-0.1, -0.05) is 0 Å². The molecule has 0 aromatic carbocycles. The maximum Gasteiger partial charge on any atom is 0.266 e. The number of methoxy groups -OCH3 is 1. The van der Waals surface area contributed by atoms with Crippen LogP contribution in [0.3, 0.4) is 0 Å². The molecule has 0 aliphatic rings. The number of nitrogens with zero attached hydrogens (tertiary/aromatic N) is 3. The predicted molar refractivity (Wildman–Crippen MR) is 48.8 cm³/mol. The lowest BCUT2D eigenvalue weighted by atomic mass is 10.3. The molecular formula is C9H9N3O2. The number of rotatable bonds is 2. The van der Waals surface area contributed by atoms with E-state index in [1.54, 1.807) is 32.4 Å². The summed E-state index contributed by atoms with van der Waals surface area (Å²) in [6, 6.07) is 3.50. The van der Waals surface area contributed by atoms with Crippen LogP contribution in [0.5, 0.6) is 5.75 Å². The van der Waals surface area contributed by atoms with Crippen molar-refractivity contribution in [3.05, 3.63) is 24.2 Å². The Balaban J connectivity index is 2.41. The third-order valence-corrected chi connectivity index (χ3v) is 1.71. The van der Waals surface area contributed by atoms with Gasteiger partial charge in [0.05, 0.1) is 7.11 Å². The highest BCUT2D eigenvalue weighted by Gasteiger charge is 2.07. The first kappa shape index (κ1) is 8.68. The Hall–Kier alpha value is -1.91. The van der Waals surface area contributed by atoms with Crippen LogP contribution < -0.4 is 4.74 Å². The summed E-state index contributed by atoms with van der Waals surface area (Å²) in [5.41, 5.74) is 0.616. The number of hydrogen-bond acceptors (Lipinski definition) is 5. The van der Waals surface area contributed by atoms with E-state index in [2.05, 4.69) is 15.2 Å². The lowest BCUT2D eigenvalue weighted by Crippen LogP contribution is -1.87. The summed E-state index contributed by atoms with van der Waals surface area (Å²) in [6.07, 6.45) is 1.63. The summed E-state index contributed by atoms with van der Waals surface area (Å²) in [5, 5.41) is 7.58. The molecule has 0 N–H and O–H groups in total. The first-order valence-electron chi connectivity index (χ1n) is 4.10. The van der Waals surface area contributed by atoms with Crippen LogP contribution in [0, 0.1) is 6.92 Å². The molecule has 0 aliphatic heterocycles. The fraction of sp³-hybridized carbons (Fsp3) is 0.222. The Labute approximate surface area is 80.8 Å². The highest BCUT2D eigenvalue weighted by atomic mass is 16.5. The van der Waals surface area contributed by atoms with Crippen LogP contribution in [0.4, 0.5) is 0 Å². The summed E-state index contributed by atoms with van der Waals surface area (Å²) < 4.78 is 10.3. The van der Waals surface area contributed by atoms with Gasteiger partial charge in [0.2, 0.25) is 5.89 Å². The van der Waals surface area contributed by atoms with Gasteiger partial charge in [-0.25, -0.2) is 0 Å². The molecule has 2 aromatic heterocycles. The largest absolute Gasteiger partial charge is 0.497 e. The average Bonchev–Trinajstić information content (AvgIpc) is 2.65. The third-order valence-electron chi connectivity index (χ3n) is 1.71. The minimum Gasteiger partial charge on any atom is -0.497 e. The van der Waals surface area contributed by atoms with Crippen molar-refractivity contribution in [3.63, 3.8) is 0 Å². The van der Waals surface area contributed by atoms with E-state index < -0.39 is 0 Å². The zero-order chi connectivity index (χ0) is 9.97. The van der Waals surface area contributed by atoms with Gasteiger partial charge in [-0.05, 0) is 6.07 Å². The quantitative estimate of drug-likeness (QED) is 0.718. The summed E-state index contributed by atoms with van der Waals surface area (Å²) in [7, 11) is 1.60. The molecule has 14 heavy (non-hydrogen) atoms. The fourth-order valence-electron chi connectivity index (χ4n) is 1.06. The molecule has 2 heterocycles. The van der Waals surface area contributed by atoms with Crippen molar-refractivity contribution in [2.75, 3.05) is 7.11 Å². The van der Waals surface area contributed by atoms with E-state index in [0.717, 1.165) is 0 Å². The lowest BCUT2D eigenvalue weighted by molar-refractivity contribution is 0.414. The van der Waals surface area contributed by atoms with E-state index in [9.17, 15) is 0 Å². The Morgan fingerprint density at radius 2 is 2.21 bits per heavy atom. The second kappa shape index (κ2) is 3.45. The van der Waals surface area contributed by atoms with Crippen LogP contribution in [-0.2, 0) is 0 Å². The summed E-state index contributed by atoms with van der Waals surface area (Å²) in [6.45, 7) is 1.73. The molecular weight excluding hydrogens is 182 g/mol. The van der Waals surface area contributed by atoms with E-state index in [0.29, 0.717) is 23.2 Å². The number of pyridine rings is 1. The summed E-state index contributed by atoms with van der Waals surface area (Å²) >= 11 is 0. The number of hydrogen-bond donors (Lipinski definition) is 0. The topological polar surface area (TPSA) is 61.0 Å². The Morgan fingerprint density at radius 3 is 2.86 bits per heavy atom. The van der Waals surface area contributed by atoms with Gasteiger partial charge >= 0.3 is 0 Å². The molecule has 0 atom stereocenters. The van der Waals surface area contributed by atoms with Crippen molar-refractivity contribution >= 4 is 0 Å².